The maximum absolute atomic E-state index is 15.4. The van der Waals surface area contributed by atoms with Crippen LogP contribution in [0.4, 0.5) is 8.78 Å². The molecule has 0 amide bonds. The zero-order chi connectivity index (χ0) is 29.6. The summed E-state index contributed by atoms with van der Waals surface area (Å²) in [6.45, 7) is 0.948. The number of pyridine rings is 1. The average Bonchev–Trinajstić information content (AvgIpc) is 3.36. The molecule has 0 aliphatic carbocycles. The first-order valence-electron chi connectivity index (χ1n) is 13.0. The van der Waals surface area contributed by atoms with Gasteiger partial charge in [0.05, 0.1) is 47.6 Å². The summed E-state index contributed by atoms with van der Waals surface area (Å²) in [5.41, 5.74) is 3.32. The van der Waals surface area contributed by atoms with Crippen molar-refractivity contribution in [1.82, 2.24) is 14.5 Å². The molecule has 3 aromatic carbocycles. The molecule has 0 spiro atoms. The number of methoxy groups -OCH3 is 2. The van der Waals surface area contributed by atoms with E-state index in [-0.39, 0.29) is 35.7 Å². The van der Waals surface area contributed by atoms with Gasteiger partial charge in [-0.15, -0.1) is 0 Å². The Bertz CT molecular complexity index is 1800. The molecule has 5 aromatic rings. The molecular weight excluding hydrogens is 542 g/mol. The van der Waals surface area contributed by atoms with Crippen molar-refractivity contribution in [3.05, 3.63) is 113 Å². The number of carbonyl (C=O) groups excluding carboxylic acids is 1. The summed E-state index contributed by atoms with van der Waals surface area (Å²) < 4.78 is 48.4. The number of hydrogen-bond donors (Lipinski definition) is 0. The topological polar surface area (TPSA) is 99.3 Å². The predicted molar refractivity (Wildman–Crippen MR) is 151 cm³/mol. The molecule has 10 heteroatoms. The van der Waals surface area contributed by atoms with E-state index in [0.29, 0.717) is 41.1 Å². The number of fused-ring (bicyclic) bond motifs is 1. The first kappa shape index (κ1) is 28.4. The third-order valence-corrected chi connectivity index (χ3v) is 6.72. The van der Waals surface area contributed by atoms with E-state index >= 15 is 8.78 Å². The number of rotatable bonds is 10. The summed E-state index contributed by atoms with van der Waals surface area (Å²) in [4.78, 5) is 21.1. The maximum atomic E-state index is 15.4. The van der Waals surface area contributed by atoms with Crippen LogP contribution >= 0.6 is 0 Å². The molecule has 0 fully saturated rings. The van der Waals surface area contributed by atoms with E-state index in [4.69, 9.17) is 19.5 Å². The molecule has 2 heterocycles. The normalized spacial score (nSPS) is 10.9. The molecule has 42 heavy (non-hydrogen) atoms. The first-order valence-corrected chi connectivity index (χ1v) is 13.0. The molecule has 0 saturated carbocycles. The predicted octanol–water partition coefficient (Wildman–Crippen LogP) is 5.85. The standard InChI is InChI=1S/C32H26F2N4O4/c1-40-13-12-38-29-15-22(32(39)41-2)10-11-28(29)36-30(38)16-23-14-26(34)24(17-25(23)33)27-4-3-5-31(37-27)42-19-21-8-6-20(18-35)7-9-21/h3-11,14-15,17H,12-13,16,19H2,1-2H3. The highest BCUT2D eigenvalue weighted by Crippen LogP contribution is 2.28. The number of esters is 1. The summed E-state index contributed by atoms with van der Waals surface area (Å²) in [7, 11) is 2.87. The number of imidazole rings is 1. The highest BCUT2D eigenvalue weighted by atomic mass is 19.1. The van der Waals surface area contributed by atoms with E-state index in [1.54, 1.807) is 67.8 Å². The molecule has 0 aliphatic rings. The molecule has 0 saturated heterocycles. The summed E-state index contributed by atoms with van der Waals surface area (Å²) in [5.74, 6) is -1.00. The summed E-state index contributed by atoms with van der Waals surface area (Å²) >= 11 is 0. The van der Waals surface area contributed by atoms with Crippen LogP contribution < -0.4 is 4.74 Å². The van der Waals surface area contributed by atoms with E-state index in [1.807, 2.05) is 4.57 Å². The van der Waals surface area contributed by atoms with E-state index in [1.165, 1.54) is 7.11 Å². The fraction of sp³-hybridized carbons (Fsp3) is 0.188. The van der Waals surface area contributed by atoms with Gasteiger partial charge in [-0.2, -0.15) is 5.26 Å². The molecule has 0 unspecified atom stereocenters. The summed E-state index contributed by atoms with van der Waals surface area (Å²) in [6, 6.07) is 21.1. The minimum atomic E-state index is -0.643. The van der Waals surface area contributed by atoms with Crippen molar-refractivity contribution in [2.24, 2.45) is 0 Å². The molecule has 0 atom stereocenters. The highest BCUT2D eigenvalue weighted by molar-refractivity contribution is 5.93. The Balaban J connectivity index is 1.40. The Morgan fingerprint density at radius 3 is 2.52 bits per heavy atom. The lowest BCUT2D eigenvalue weighted by atomic mass is 10.0. The zero-order valence-electron chi connectivity index (χ0n) is 22.9. The second-order valence-corrected chi connectivity index (χ2v) is 9.43. The van der Waals surface area contributed by atoms with Gasteiger partial charge < -0.3 is 18.8 Å². The van der Waals surface area contributed by atoms with Crippen LogP contribution in [-0.4, -0.2) is 41.3 Å². The fourth-order valence-electron chi connectivity index (χ4n) is 4.55. The van der Waals surface area contributed by atoms with E-state index in [0.717, 1.165) is 17.7 Å². The van der Waals surface area contributed by atoms with Crippen LogP contribution in [0.3, 0.4) is 0 Å². The lowest BCUT2D eigenvalue weighted by molar-refractivity contribution is 0.0601. The summed E-state index contributed by atoms with van der Waals surface area (Å²) in [5, 5.41) is 8.94. The largest absolute Gasteiger partial charge is 0.473 e. The van der Waals surface area contributed by atoms with Crippen molar-refractivity contribution in [2.75, 3.05) is 20.8 Å². The van der Waals surface area contributed by atoms with Gasteiger partial charge in [-0.25, -0.2) is 23.5 Å². The first-order chi connectivity index (χ1) is 20.4. The lowest BCUT2D eigenvalue weighted by Crippen LogP contribution is -2.10. The number of nitrogens with zero attached hydrogens (tertiary/aromatic N) is 4. The van der Waals surface area contributed by atoms with Gasteiger partial charge in [0.2, 0.25) is 5.88 Å². The van der Waals surface area contributed by atoms with Crippen LogP contribution in [0.1, 0.15) is 32.9 Å². The van der Waals surface area contributed by atoms with Crippen LogP contribution in [-0.2, 0) is 29.0 Å². The lowest BCUT2D eigenvalue weighted by Gasteiger charge is -2.12. The van der Waals surface area contributed by atoms with Crippen molar-refractivity contribution in [3.8, 4) is 23.2 Å². The number of nitriles is 1. The van der Waals surface area contributed by atoms with Crippen LogP contribution in [0.15, 0.2) is 72.8 Å². The van der Waals surface area contributed by atoms with Crippen LogP contribution in [0, 0.1) is 23.0 Å². The second kappa shape index (κ2) is 12.6. The molecular formula is C32H26F2N4O4. The Morgan fingerprint density at radius 2 is 1.79 bits per heavy atom. The monoisotopic (exact) mass is 568 g/mol. The van der Waals surface area contributed by atoms with Crippen LogP contribution in [0.25, 0.3) is 22.3 Å². The van der Waals surface area contributed by atoms with E-state index < -0.39 is 17.6 Å². The molecule has 0 radical (unpaired) electrons. The molecule has 0 aliphatic heterocycles. The second-order valence-electron chi connectivity index (χ2n) is 9.43. The van der Waals surface area contributed by atoms with Crippen LogP contribution in [0.2, 0.25) is 0 Å². The molecule has 0 N–H and O–H groups in total. The molecule has 5 rings (SSSR count). The Hall–Kier alpha value is -5.14. The Morgan fingerprint density at radius 1 is 0.976 bits per heavy atom. The molecule has 2 aromatic heterocycles. The Kier molecular flexibility index (Phi) is 8.50. The minimum absolute atomic E-state index is 0.00400. The third-order valence-electron chi connectivity index (χ3n) is 6.72. The smallest absolute Gasteiger partial charge is 0.337 e. The van der Waals surface area contributed by atoms with Gasteiger partial charge in [-0.3, -0.25) is 0 Å². The van der Waals surface area contributed by atoms with Gasteiger partial charge in [0, 0.05) is 31.7 Å². The average molecular weight is 569 g/mol. The quantitative estimate of drug-likeness (QED) is 0.195. The fourth-order valence-corrected chi connectivity index (χ4v) is 4.55. The number of benzene rings is 3. The van der Waals surface area contributed by atoms with E-state index in [2.05, 4.69) is 16.0 Å². The number of ether oxygens (including phenoxy) is 3. The SMILES string of the molecule is COCCn1c(Cc2cc(F)c(-c3cccc(OCc4ccc(C#N)cc4)n3)cc2F)nc2ccc(C(=O)OC)cc21. The van der Waals surface area contributed by atoms with Crippen molar-refractivity contribution in [1.29, 1.82) is 5.26 Å². The van der Waals surface area contributed by atoms with Crippen molar-refractivity contribution < 1.29 is 27.8 Å². The van der Waals surface area contributed by atoms with Gasteiger partial charge in [0.1, 0.15) is 24.1 Å². The third kappa shape index (κ3) is 6.11. The number of aromatic nitrogens is 3. The molecule has 8 nitrogen and oxygen atoms in total. The minimum Gasteiger partial charge on any atom is -0.473 e. The number of halogens is 2. The molecule has 212 valence electrons. The van der Waals surface area contributed by atoms with Gasteiger partial charge in [0.25, 0.3) is 0 Å². The van der Waals surface area contributed by atoms with Gasteiger partial charge in [-0.05, 0) is 59.7 Å². The van der Waals surface area contributed by atoms with Gasteiger partial charge >= 0.3 is 5.97 Å². The van der Waals surface area contributed by atoms with Gasteiger partial charge in [0.15, 0.2) is 0 Å². The molecule has 0 bridgehead atoms. The van der Waals surface area contributed by atoms with Crippen molar-refractivity contribution >= 4 is 17.0 Å². The maximum Gasteiger partial charge on any atom is 0.337 e. The summed E-state index contributed by atoms with van der Waals surface area (Å²) in [6.07, 6.45) is 0.0101. The number of carbonyl (C=O) groups is 1. The van der Waals surface area contributed by atoms with Crippen LogP contribution in [0.5, 0.6) is 5.88 Å². The van der Waals surface area contributed by atoms with Crippen molar-refractivity contribution in [3.63, 3.8) is 0 Å². The Labute approximate surface area is 240 Å². The highest BCUT2D eigenvalue weighted by Gasteiger charge is 2.19. The van der Waals surface area contributed by atoms with Gasteiger partial charge in [-0.1, -0.05) is 18.2 Å². The number of hydrogen-bond acceptors (Lipinski definition) is 7. The van der Waals surface area contributed by atoms with E-state index in [9.17, 15) is 4.79 Å². The zero-order valence-corrected chi connectivity index (χ0v) is 22.9. The van der Waals surface area contributed by atoms with Crippen molar-refractivity contribution in [2.45, 2.75) is 19.6 Å².